The Morgan fingerprint density at radius 2 is 1.85 bits per heavy atom. The number of halogens is 2. The lowest BCUT2D eigenvalue weighted by atomic mass is 10.1. The third kappa shape index (κ3) is 4.54. The minimum atomic E-state index is 0.408. The van der Waals surface area contributed by atoms with Gasteiger partial charge in [0, 0.05) is 26.8 Å². The normalized spacial score (nSPS) is 11.1. The van der Waals surface area contributed by atoms with Crippen molar-refractivity contribution in [1.29, 1.82) is 0 Å². The summed E-state index contributed by atoms with van der Waals surface area (Å²) in [7, 11) is 0. The van der Waals surface area contributed by atoms with Gasteiger partial charge in [-0.15, -0.1) is 0 Å². The molecule has 0 bridgehead atoms. The van der Waals surface area contributed by atoms with Crippen molar-refractivity contribution in [3.63, 3.8) is 0 Å². The van der Waals surface area contributed by atoms with Crippen molar-refractivity contribution in [3.05, 3.63) is 92.4 Å². The highest BCUT2D eigenvalue weighted by atomic mass is 79.9. The molecule has 26 heavy (non-hydrogen) atoms. The van der Waals surface area contributed by atoms with Gasteiger partial charge in [0.25, 0.3) is 0 Å². The van der Waals surface area contributed by atoms with Gasteiger partial charge < -0.3 is 4.74 Å². The number of aliphatic imine (C=N–C) groups is 1. The highest BCUT2D eigenvalue weighted by molar-refractivity contribution is 9.10. The molecule has 0 atom stereocenters. The maximum atomic E-state index is 6.22. The zero-order valence-corrected chi connectivity index (χ0v) is 17.0. The number of hydrogen-bond donors (Lipinski definition) is 0. The maximum absolute atomic E-state index is 6.22. The van der Waals surface area contributed by atoms with Gasteiger partial charge in [-0.3, -0.25) is 4.99 Å². The minimum Gasteiger partial charge on any atom is -0.488 e. The molecule has 0 aliphatic rings. The molecule has 0 aliphatic heterocycles. The third-order valence-electron chi connectivity index (χ3n) is 4.23. The Hall–Kier alpha value is -2.10. The molecule has 0 heterocycles. The van der Waals surface area contributed by atoms with Crippen molar-refractivity contribution < 1.29 is 4.74 Å². The fraction of sp³-hybridized carbons (Fsp3) is 0.136. The summed E-state index contributed by atoms with van der Waals surface area (Å²) >= 11 is 9.73. The van der Waals surface area contributed by atoms with Gasteiger partial charge >= 0.3 is 0 Å². The summed E-state index contributed by atoms with van der Waals surface area (Å²) in [6.45, 7) is 4.58. The van der Waals surface area contributed by atoms with Gasteiger partial charge in [-0.2, -0.15) is 0 Å². The molecular weight excluding hydrogens is 410 g/mol. The van der Waals surface area contributed by atoms with Crippen LogP contribution < -0.4 is 4.74 Å². The van der Waals surface area contributed by atoms with Crippen molar-refractivity contribution in [1.82, 2.24) is 0 Å². The van der Waals surface area contributed by atoms with Crippen molar-refractivity contribution in [2.24, 2.45) is 4.99 Å². The fourth-order valence-electron chi connectivity index (χ4n) is 2.54. The van der Waals surface area contributed by atoms with E-state index in [1.165, 1.54) is 11.1 Å². The molecule has 3 aromatic carbocycles. The Balaban J connectivity index is 1.85. The van der Waals surface area contributed by atoms with E-state index in [0.717, 1.165) is 27.0 Å². The van der Waals surface area contributed by atoms with Crippen molar-refractivity contribution in [2.45, 2.75) is 20.5 Å². The summed E-state index contributed by atoms with van der Waals surface area (Å²) in [6.07, 6.45) is 1.84. The zero-order valence-electron chi connectivity index (χ0n) is 14.7. The van der Waals surface area contributed by atoms with Crippen LogP contribution in [0.25, 0.3) is 0 Å². The van der Waals surface area contributed by atoms with Crippen LogP contribution in [0.3, 0.4) is 0 Å². The molecule has 0 fully saturated rings. The monoisotopic (exact) mass is 427 g/mol. The smallest absolute Gasteiger partial charge is 0.128 e. The average Bonchev–Trinajstić information content (AvgIpc) is 2.63. The molecule has 0 saturated carbocycles. The van der Waals surface area contributed by atoms with Crippen LogP contribution >= 0.6 is 27.5 Å². The first-order chi connectivity index (χ1) is 12.5. The summed E-state index contributed by atoms with van der Waals surface area (Å²) in [4.78, 5) is 4.66. The predicted molar refractivity (Wildman–Crippen MR) is 113 cm³/mol. The third-order valence-corrected chi connectivity index (χ3v) is 5.09. The largest absolute Gasteiger partial charge is 0.488 e. The van der Waals surface area contributed by atoms with E-state index in [1.54, 1.807) is 0 Å². The van der Waals surface area contributed by atoms with Gasteiger partial charge in [0.1, 0.15) is 12.4 Å². The summed E-state index contributed by atoms with van der Waals surface area (Å²) in [5.41, 5.74) is 5.23. The molecule has 0 saturated heterocycles. The van der Waals surface area contributed by atoms with Crippen LogP contribution in [-0.4, -0.2) is 6.21 Å². The topological polar surface area (TPSA) is 21.6 Å². The maximum Gasteiger partial charge on any atom is 0.128 e. The number of ether oxygens (including phenoxy) is 1. The van der Waals surface area contributed by atoms with E-state index in [9.17, 15) is 0 Å². The van der Waals surface area contributed by atoms with Gasteiger partial charge in [-0.25, -0.2) is 0 Å². The summed E-state index contributed by atoms with van der Waals surface area (Å²) in [5, 5.41) is 0.704. The van der Waals surface area contributed by atoms with Gasteiger partial charge in [-0.1, -0.05) is 57.9 Å². The Labute approximate surface area is 167 Å². The molecule has 4 heteroatoms. The lowest BCUT2D eigenvalue weighted by molar-refractivity contribution is 0.306. The summed E-state index contributed by atoms with van der Waals surface area (Å²) in [6, 6.07) is 19.7. The van der Waals surface area contributed by atoms with Crippen LogP contribution in [0.4, 0.5) is 5.69 Å². The quantitative estimate of drug-likeness (QED) is 0.399. The molecular formula is C22H19BrClNO. The second-order valence-corrected chi connectivity index (χ2v) is 7.36. The molecule has 0 aromatic heterocycles. The first-order valence-electron chi connectivity index (χ1n) is 8.30. The second-order valence-electron chi connectivity index (χ2n) is 6.04. The minimum absolute atomic E-state index is 0.408. The van der Waals surface area contributed by atoms with Gasteiger partial charge in [-0.05, 0) is 55.3 Å². The average molecular weight is 429 g/mol. The molecule has 0 radical (unpaired) electrons. The molecule has 0 amide bonds. The highest BCUT2D eigenvalue weighted by Gasteiger charge is 2.06. The first kappa shape index (κ1) is 18.7. The van der Waals surface area contributed by atoms with Crippen LogP contribution in [0.15, 0.2) is 70.1 Å². The summed E-state index contributed by atoms with van der Waals surface area (Å²) in [5.74, 6) is 0.766. The van der Waals surface area contributed by atoms with Gasteiger partial charge in [0.15, 0.2) is 0 Å². The van der Waals surface area contributed by atoms with Crippen molar-refractivity contribution >= 4 is 39.4 Å². The summed E-state index contributed by atoms with van der Waals surface area (Å²) < 4.78 is 6.98. The second kappa shape index (κ2) is 8.52. The first-order valence-corrected chi connectivity index (χ1v) is 9.48. The van der Waals surface area contributed by atoms with E-state index < -0.39 is 0 Å². The highest BCUT2D eigenvalue weighted by Crippen LogP contribution is 2.26. The van der Waals surface area contributed by atoms with E-state index in [1.807, 2.05) is 60.8 Å². The molecule has 0 unspecified atom stereocenters. The molecule has 2 nitrogen and oxygen atoms in total. The fourth-order valence-corrected chi connectivity index (χ4v) is 3.11. The van der Waals surface area contributed by atoms with Crippen molar-refractivity contribution in [3.8, 4) is 5.75 Å². The van der Waals surface area contributed by atoms with Gasteiger partial charge in [0.2, 0.25) is 0 Å². The number of rotatable bonds is 5. The molecule has 0 aliphatic carbocycles. The Morgan fingerprint density at radius 3 is 2.65 bits per heavy atom. The Kier molecular flexibility index (Phi) is 6.12. The lowest BCUT2D eigenvalue weighted by Crippen LogP contribution is -1.99. The van der Waals surface area contributed by atoms with E-state index >= 15 is 0 Å². The Bertz CT molecular complexity index is 953. The van der Waals surface area contributed by atoms with Gasteiger partial charge in [0.05, 0.1) is 5.69 Å². The molecule has 3 rings (SSSR count). The predicted octanol–water partition coefficient (Wildman–Crippen LogP) is 7.05. The SMILES string of the molecule is Cc1cccc(N=Cc2cc(Br)ccc2OCc2ccccc2Cl)c1C. The number of nitrogens with zero attached hydrogens (tertiary/aromatic N) is 1. The molecule has 0 N–H and O–H groups in total. The molecule has 0 spiro atoms. The van der Waals surface area contributed by atoms with E-state index in [4.69, 9.17) is 16.3 Å². The van der Waals surface area contributed by atoms with E-state index in [-0.39, 0.29) is 0 Å². The van der Waals surface area contributed by atoms with Crippen molar-refractivity contribution in [2.75, 3.05) is 0 Å². The number of benzene rings is 3. The number of aryl methyl sites for hydroxylation is 1. The van der Waals surface area contributed by atoms with E-state index in [2.05, 4.69) is 40.8 Å². The van der Waals surface area contributed by atoms with Crippen LogP contribution in [0.5, 0.6) is 5.75 Å². The van der Waals surface area contributed by atoms with Crippen LogP contribution in [-0.2, 0) is 6.61 Å². The Morgan fingerprint density at radius 1 is 1.04 bits per heavy atom. The van der Waals surface area contributed by atoms with Crippen LogP contribution in [0, 0.1) is 13.8 Å². The van der Waals surface area contributed by atoms with E-state index in [0.29, 0.717) is 11.6 Å². The van der Waals surface area contributed by atoms with Crippen LogP contribution in [0.2, 0.25) is 5.02 Å². The van der Waals surface area contributed by atoms with Crippen LogP contribution in [0.1, 0.15) is 22.3 Å². The lowest BCUT2D eigenvalue weighted by Gasteiger charge is -2.11. The standard InChI is InChI=1S/C22H19BrClNO/c1-15-6-5-9-21(16(15)2)25-13-18-12-19(23)10-11-22(18)26-14-17-7-3-4-8-20(17)24/h3-13H,14H2,1-2H3. The molecule has 132 valence electrons. The zero-order chi connectivity index (χ0) is 18.5. The molecule has 3 aromatic rings. The number of hydrogen-bond acceptors (Lipinski definition) is 2.